The Hall–Kier alpha value is -1.77. The second-order valence-electron chi connectivity index (χ2n) is 6.62. The molecule has 0 unspecified atom stereocenters. The molecule has 0 radical (unpaired) electrons. The Morgan fingerprint density at radius 2 is 1.95 bits per heavy atom. The van der Waals surface area contributed by atoms with Crippen molar-refractivity contribution in [2.75, 3.05) is 17.6 Å². The Morgan fingerprint density at radius 3 is 2.71 bits per heavy atom. The summed E-state index contributed by atoms with van der Waals surface area (Å²) in [6, 6.07) is 9.94. The summed E-state index contributed by atoms with van der Waals surface area (Å²) in [5, 5.41) is 4.56. The summed E-state index contributed by atoms with van der Waals surface area (Å²) in [5.74, 6) is 0.941. The number of nitrogens with zero attached hydrogens (tertiary/aromatic N) is 1. The van der Waals surface area contributed by atoms with Crippen LogP contribution in [0.25, 0.3) is 10.9 Å². The number of benzene rings is 1. The molecule has 0 bridgehead atoms. The fraction of sp³-hybridized carbons (Fsp3) is 0.500. The molecule has 114 valence electrons. The second-order valence-corrected chi connectivity index (χ2v) is 6.62. The third-order valence-corrected chi connectivity index (χ3v) is 3.92. The molecule has 3 heteroatoms. The van der Waals surface area contributed by atoms with E-state index in [4.69, 9.17) is 5.73 Å². The van der Waals surface area contributed by atoms with Crippen LogP contribution in [0.3, 0.4) is 0 Å². The van der Waals surface area contributed by atoms with E-state index in [2.05, 4.69) is 37.1 Å². The number of anilines is 2. The summed E-state index contributed by atoms with van der Waals surface area (Å²) < 4.78 is 0. The van der Waals surface area contributed by atoms with E-state index in [-0.39, 0.29) is 0 Å². The lowest BCUT2D eigenvalue weighted by Gasteiger charge is -2.25. The van der Waals surface area contributed by atoms with Crippen molar-refractivity contribution in [3.8, 4) is 0 Å². The summed E-state index contributed by atoms with van der Waals surface area (Å²) in [7, 11) is 0. The van der Waals surface area contributed by atoms with Crippen molar-refractivity contribution in [3.63, 3.8) is 0 Å². The fourth-order valence-electron chi connectivity index (χ4n) is 2.51. The molecule has 0 fully saturated rings. The maximum atomic E-state index is 5.79. The van der Waals surface area contributed by atoms with E-state index in [1.54, 1.807) is 0 Å². The van der Waals surface area contributed by atoms with E-state index >= 15 is 0 Å². The normalized spacial score (nSPS) is 11.8. The highest BCUT2D eigenvalue weighted by Gasteiger charge is 2.17. The number of nitrogen functional groups attached to an aromatic ring is 1. The molecule has 2 rings (SSSR count). The summed E-state index contributed by atoms with van der Waals surface area (Å²) in [4.78, 5) is 4.65. The lowest BCUT2D eigenvalue weighted by molar-refractivity contribution is 0.342. The summed E-state index contributed by atoms with van der Waals surface area (Å²) >= 11 is 0. The van der Waals surface area contributed by atoms with Crippen LogP contribution in [-0.4, -0.2) is 11.5 Å². The zero-order valence-electron chi connectivity index (χ0n) is 13.4. The number of unbranched alkanes of at least 4 members (excludes halogenated alkanes) is 2. The minimum absolute atomic E-state index is 0.299. The fourth-order valence-corrected chi connectivity index (χ4v) is 2.51. The largest absolute Gasteiger partial charge is 0.399 e. The first-order chi connectivity index (χ1) is 10.00. The van der Waals surface area contributed by atoms with Gasteiger partial charge in [0.05, 0.1) is 5.52 Å². The number of pyridine rings is 1. The zero-order valence-corrected chi connectivity index (χ0v) is 13.4. The van der Waals surface area contributed by atoms with Gasteiger partial charge in [0, 0.05) is 17.6 Å². The molecule has 21 heavy (non-hydrogen) atoms. The van der Waals surface area contributed by atoms with E-state index in [0.717, 1.165) is 29.0 Å². The second kappa shape index (κ2) is 6.79. The van der Waals surface area contributed by atoms with Crippen LogP contribution < -0.4 is 11.1 Å². The van der Waals surface area contributed by atoms with Gasteiger partial charge in [0.15, 0.2) is 0 Å². The van der Waals surface area contributed by atoms with Crippen molar-refractivity contribution < 1.29 is 0 Å². The standard InChI is InChI=1S/C18H27N3/c1-4-5-6-11-18(2,3)13-20-17-10-7-14-12-15(19)8-9-16(14)21-17/h7-10,12H,4-6,11,13,19H2,1-3H3,(H,20,21). The highest BCUT2D eigenvalue weighted by Crippen LogP contribution is 2.25. The predicted octanol–water partition coefficient (Wildman–Crippen LogP) is 4.84. The SMILES string of the molecule is CCCCCC(C)(C)CNc1ccc2cc(N)ccc2n1. The van der Waals surface area contributed by atoms with Crippen LogP contribution in [-0.2, 0) is 0 Å². The smallest absolute Gasteiger partial charge is 0.126 e. The zero-order chi connectivity index (χ0) is 15.3. The van der Waals surface area contributed by atoms with Gasteiger partial charge in [-0.15, -0.1) is 0 Å². The molecule has 0 spiro atoms. The molecule has 0 aliphatic heterocycles. The summed E-state index contributed by atoms with van der Waals surface area (Å²) in [5.41, 5.74) is 7.85. The molecule has 1 aromatic carbocycles. The Balaban J connectivity index is 1.98. The average molecular weight is 285 g/mol. The number of hydrogen-bond donors (Lipinski definition) is 2. The van der Waals surface area contributed by atoms with Gasteiger partial charge in [0.25, 0.3) is 0 Å². The molecule has 1 aromatic heterocycles. The van der Waals surface area contributed by atoms with Crippen LogP contribution in [0, 0.1) is 5.41 Å². The molecular weight excluding hydrogens is 258 g/mol. The number of fused-ring (bicyclic) bond motifs is 1. The number of nitrogens with one attached hydrogen (secondary N) is 1. The maximum Gasteiger partial charge on any atom is 0.126 e. The molecule has 0 amide bonds. The minimum atomic E-state index is 0.299. The molecule has 0 atom stereocenters. The van der Waals surface area contributed by atoms with Gasteiger partial charge in [0.2, 0.25) is 0 Å². The Kier molecular flexibility index (Phi) is 5.05. The molecular formula is C18H27N3. The van der Waals surface area contributed by atoms with Crippen molar-refractivity contribution in [1.82, 2.24) is 4.98 Å². The Labute approximate surface area is 128 Å². The molecule has 0 aliphatic carbocycles. The molecule has 1 heterocycles. The third-order valence-electron chi connectivity index (χ3n) is 3.92. The van der Waals surface area contributed by atoms with Gasteiger partial charge in [-0.1, -0.05) is 40.0 Å². The lowest BCUT2D eigenvalue weighted by Crippen LogP contribution is -2.23. The summed E-state index contributed by atoms with van der Waals surface area (Å²) in [6.45, 7) is 7.83. The van der Waals surface area contributed by atoms with E-state index in [1.165, 1.54) is 25.7 Å². The minimum Gasteiger partial charge on any atom is -0.399 e. The quantitative estimate of drug-likeness (QED) is 0.565. The van der Waals surface area contributed by atoms with Crippen LogP contribution in [0.15, 0.2) is 30.3 Å². The van der Waals surface area contributed by atoms with E-state index in [9.17, 15) is 0 Å². The molecule has 3 N–H and O–H groups in total. The number of rotatable bonds is 7. The molecule has 0 saturated carbocycles. The van der Waals surface area contributed by atoms with Gasteiger partial charge < -0.3 is 11.1 Å². The van der Waals surface area contributed by atoms with Gasteiger partial charge in [-0.2, -0.15) is 0 Å². The van der Waals surface area contributed by atoms with E-state index in [0.29, 0.717) is 5.41 Å². The highest BCUT2D eigenvalue weighted by molar-refractivity contribution is 5.83. The van der Waals surface area contributed by atoms with Gasteiger partial charge in [-0.3, -0.25) is 0 Å². The van der Waals surface area contributed by atoms with E-state index < -0.39 is 0 Å². The van der Waals surface area contributed by atoms with Crippen LogP contribution in [0.5, 0.6) is 0 Å². The van der Waals surface area contributed by atoms with Crippen molar-refractivity contribution in [2.24, 2.45) is 5.41 Å². The lowest BCUT2D eigenvalue weighted by atomic mass is 9.87. The Morgan fingerprint density at radius 1 is 1.14 bits per heavy atom. The van der Waals surface area contributed by atoms with Gasteiger partial charge in [-0.05, 0) is 42.2 Å². The number of hydrogen-bond acceptors (Lipinski definition) is 3. The maximum absolute atomic E-state index is 5.79. The van der Waals surface area contributed by atoms with Crippen LogP contribution in [0.4, 0.5) is 11.5 Å². The topological polar surface area (TPSA) is 50.9 Å². The van der Waals surface area contributed by atoms with Crippen LogP contribution >= 0.6 is 0 Å². The monoisotopic (exact) mass is 285 g/mol. The number of aromatic nitrogens is 1. The van der Waals surface area contributed by atoms with Gasteiger partial charge in [-0.25, -0.2) is 4.98 Å². The molecule has 3 nitrogen and oxygen atoms in total. The van der Waals surface area contributed by atoms with Crippen molar-refractivity contribution >= 4 is 22.4 Å². The van der Waals surface area contributed by atoms with Crippen LogP contribution in [0.1, 0.15) is 46.5 Å². The Bertz CT molecular complexity index is 590. The molecule has 0 aliphatic rings. The number of nitrogens with two attached hydrogens (primary N) is 1. The van der Waals surface area contributed by atoms with Crippen molar-refractivity contribution in [2.45, 2.75) is 46.5 Å². The van der Waals surface area contributed by atoms with Gasteiger partial charge in [0.1, 0.15) is 5.82 Å². The first-order valence-electron chi connectivity index (χ1n) is 7.90. The highest BCUT2D eigenvalue weighted by atomic mass is 15.0. The first-order valence-corrected chi connectivity index (χ1v) is 7.90. The van der Waals surface area contributed by atoms with Crippen molar-refractivity contribution in [3.05, 3.63) is 30.3 Å². The third kappa shape index (κ3) is 4.62. The molecule has 2 aromatic rings. The molecule has 0 saturated heterocycles. The van der Waals surface area contributed by atoms with Crippen LogP contribution in [0.2, 0.25) is 0 Å². The summed E-state index contributed by atoms with van der Waals surface area (Å²) in [6.07, 6.45) is 5.14. The average Bonchev–Trinajstić information content (AvgIpc) is 2.45. The first kappa shape index (κ1) is 15.6. The van der Waals surface area contributed by atoms with E-state index in [1.807, 2.05) is 24.3 Å². The predicted molar refractivity (Wildman–Crippen MR) is 92.6 cm³/mol. The van der Waals surface area contributed by atoms with Gasteiger partial charge >= 0.3 is 0 Å². The van der Waals surface area contributed by atoms with Crippen molar-refractivity contribution in [1.29, 1.82) is 0 Å².